The predicted octanol–water partition coefficient (Wildman–Crippen LogP) is 2.38. The van der Waals surface area contributed by atoms with E-state index in [0.717, 1.165) is 4.90 Å². The first kappa shape index (κ1) is 19.0. The van der Waals surface area contributed by atoms with Gasteiger partial charge >= 0.3 is 6.03 Å². The standard InChI is InChI=1S/C20H18N2O6/c1-26-13-9-16(27-2)14(17(10-13)28-3)11-15-18(23)21-20(25)22(19(15)24)12-7-5-4-6-8-12/h4-11H,1-3H3,(H,21,23,25)/b15-11+. The van der Waals surface area contributed by atoms with Gasteiger partial charge in [0.25, 0.3) is 11.8 Å². The lowest BCUT2D eigenvalue weighted by Gasteiger charge is -2.26. The number of hydrogen-bond acceptors (Lipinski definition) is 6. The fourth-order valence-corrected chi connectivity index (χ4v) is 2.79. The lowest BCUT2D eigenvalue weighted by atomic mass is 10.0. The van der Waals surface area contributed by atoms with Gasteiger partial charge in [-0.25, -0.2) is 9.69 Å². The second-order valence-electron chi connectivity index (χ2n) is 5.74. The van der Waals surface area contributed by atoms with E-state index in [0.29, 0.717) is 28.5 Å². The van der Waals surface area contributed by atoms with Crippen molar-refractivity contribution in [3.05, 3.63) is 53.6 Å². The molecule has 1 fully saturated rings. The van der Waals surface area contributed by atoms with Crippen LogP contribution in [-0.2, 0) is 9.59 Å². The summed E-state index contributed by atoms with van der Waals surface area (Å²) in [5.41, 5.74) is 0.481. The number of anilines is 1. The van der Waals surface area contributed by atoms with Gasteiger partial charge in [-0.15, -0.1) is 0 Å². The van der Waals surface area contributed by atoms with E-state index in [1.54, 1.807) is 42.5 Å². The lowest BCUT2D eigenvalue weighted by Crippen LogP contribution is -2.54. The first-order chi connectivity index (χ1) is 13.5. The highest BCUT2D eigenvalue weighted by molar-refractivity contribution is 6.39. The maximum atomic E-state index is 12.9. The van der Waals surface area contributed by atoms with Crippen LogP contribution >= 0.6 is 0 Å². The normalized spacial score (nSPS) is 15.5. The number of nitrogens with zero attached hydrogens (tertiary/aromatic N) is 1. The Morgan fingerprint density at radius 2 is 1.50 bits per heavy atom. The number of imide groups is 2. The van der Waals surface area contributed by atoms with Gasteiger partial charge in [-0.3, -0.25) is 14.9 Å². The van der Waals surface area contributed by atoms with Crippen molar-refractivity contribution in [3.8, 4) is 17.2 Å². The van der Waals surface area contributed by atoms with Crippen molar-refractivity contribution in [1.82, 2.24) is 5.32 Å². The first-order valence-corrected chi connectivity index (χ1v) is 8.26. The quantitative estimate of drug-likeness (QED) is 0.630. The van der Waals surface area contributed by atoms with Crippen LogP contribution in [0.2, 0.25) is 0 Å². The molecule has 8 heteroatoms. The van der Waals surface area contributed by atoms with Gasteiger partial charge in [-0.2, -0.15) is 0 Å². The Morgan fingerprint density at radius 1 is 0.893 bits per heavy atom. The minimum Gasteiger partial charge on any atom is -0.496 e. The van der Waals surface area contributed by atoms with Gasteiger partial charge in [0.05, 0.1) is 32.6 Å². The Hall–Kier alpha value is -3.81. The smallest absolute Gasteiger partial charge is 0.335 e. The Balaban J connectivity index is 2.12. The molecule has 3 rings (SSSR count). The molecule has 0 atom stereocenters. The maximum Gasteiger partial charge on any atom is 0.335 e. The summed E-state index contributed by atoms with van der Waals surface area (Å²) in [6.07, 6.45) is 1.33. The third-order valence-corrected chi connectivity index (χ3v) is 4.16. The van der Waals surface area contributed by atoms with Gasteiger partial charge in [0.2, 0.25) is 0 Å². The minimum atomic E-state index is -0.813. The van der Waals surface area contributed by atoms with Gasteiger partial charge in [0, 0.05) is 12.1 Å². The fourth-order valence-electron chi connectivity index (χ4n) is 2.79. The van der Waals surface area contributed by atoms with Crippen molar-refractivity contribution in [2.75, 3.05) is 26.2 Å². The Bertz CT molecular complexity index is 943. The summed E-state index contributed by atoms with van der Waals surface area (Å²) in [4.78, 5) is 38.4. The number of carbonyl (C=O) groups excluding carboxylic acids is 3. The van der Waals surface area contributed by atoms with Crippen LogP contribution in [0.25, 0.3) is 6.08 Å². The molecule has 0 aromatic heterocycles. The van der Waals surface area contributed by atoms with Gasteiger partial charge in [0.1, 0.15) is 22.8 Å². The summed E-state index contributed by atoms with van der Waals surface area (Å²) < 4.78 is 15.9. The first-order valence-electron chi connectivity index (χ1n) is 8.26. The summed E-state index contributed by atoms with van der Waals surface area (Å²) in [5, 5.41) is 2.18. The molecule has 144 valence electrons. The zero-order chi connectivity index (χ0) is 20.3. The molecule has 0 unspecified atom stereocenters. The van der Waals surface area contributed by atoms with Crippen molar-refractivity contribution >= 4 is 29.6 Å². The molecule has 2 aromatic carbocycles. The summed E-state index contributed by atoms with van der Waals surface area (Å²) in [7, 11) is 4.38. The van der Waals surface area contributed by atoms with Crippen LogP contribution in [0.5, 0.6) is 17.2 Å². The lowest BCUT2D eigenvalue weighted by molar-refractivity contribution is -0.122. The van der Waals surface area contributed by atoms with Crippen LogP contribution in [0.15, 0.2) is 48.0 Å². The monoisotopic (exact) mass is 382 g/mol. The van der Waals surface area contributed by atoms with Gasteiger partial charge in [-0.1, -0.05) is 18.2 Å². The molecule has 1 saturated heterocycles. The van der Waals surface area contributed by atoms with Crippen LogP contribution in [0.1, 0.15) is 5.56 Å². The van der Waals surface area contributed by atoms with Gasteiger partial charge in [-0.05, 0) is 18.2 Å². The molecular weight excluding hydrogens is 364 g/mol. The zero-order valence-electron chi connectivity index (χ0n) is 15.5. The van der Waals surface area contributed by atoms with Gasteiger partial charge in [0.15, 0.2) is 0 Å². The molecule has 1 N–H and O–H groups in total. The number of rotatable bonds is 5. The van der Waals surface area contributed by atoms with Crippen LogP contribution < -0.4 is 24.4 Å². The van der Waals surface area contributed by atoms with Crippen LogP contribution in [-0.4, -0.2) is 39.2 Å². The number of urea groups is 1. The Morgan fingerprint density at radius 3 is 2.04 bits per heavy atom. The average Bonchev–Trinajstić information content (AvgIpc) is 2.71. The molecule has 0 saturated carbocycles. The van der Waals surface area contributed by atoms with E-state index in [1.807, 2.05) is 0 Å². The van der Waals surface area contributed by atoms with Crippen LogP contribution in [0.3, 0.4) is 0 Å². The molecule has 8 nitrogen and oxygen atoms in total. The third kappa shape index (κ3) is 3.39. The van der Waals surface area contributed by atoms with E-state index in [-0.39, 0.29) is 5.57 Å². The highest BCUT2D eigenvalue weighted by Gasteiger charge is 2.37. The molecule has 0 radical (unpaired) electrons. The molecule has 1 aliphatic rings. The number of nitrogens with one attached hydrogen (secondary N) is 1. The van der Waals surface area contributed by atoms with Gasteiger partial charge < -0.3 is 14.2 Å². The second kappa shape index (κ2) is 7.83. The SMILES string of the molecule is COc1cc(OC)c(/C=C2\C(=O)NC(=O)N(c3ccccc3)C2=O)c(OC)c1. The number of ether oxygens (including phenoxy) is 3. The molecule has 0 bridgehead atoms. The van der Waals surface area contributed by atoms with Crippen molar-refractivity contribution in [1.29, 1.82) is 0 Å². The zero-order valence-corrected chi connectivity index (χ0v) is 15.5. The number of para-hydroxylation sites is 1. The second-order valence-corrected chi connectivity index (χ2v) is 5.74. The summed E-state index contributed by atoms with van der Waals surface area (Å²) in [5.74, 6) is -0.390. The molecule has 1 heterocycles. The van der Waals surface area contributed by atoms with Crippen LogP contribution in [0, 0.1) is 0 Å². The van der Waals surface area contributed by atoms with Crippen molar-refractivity contribution in [2.24, 2.45) is 0 Å². The number of hydrogen-bond donors (Lipinski definition) is 1. The van der Waals surface area contributed by atoms with Crippen molar-refractivity contribution in [3.63, 3.8) is 0 Å². The third-order valence-electron chi connectivity index (χ3n) is 4.16. The predicted molar refractivity (Wildman–Crippen MR) is 102 cm³/mol. The summed E-state index contributed by atoms with van der Waals surface area (Å²) in [6, 6.07) is 10.7. The number of amides is 4. The van der Waals surface area contributed by atoms with E-state index in [9.17, 15) is 14.4 Å². The highest BCUT2D eigenvalue weighted by Crippen LogP contribution is 2.36. The van der Waals surface area contributed by atoms with Crippen molar-refractivity contribution < 1.29 is 28.6 Å². The van der Waals surface area contributed by atoms with Crippen LogP contribution in [0.4, 0.5) is 10.5 Å². The molecule has 0 spiro atoms. The molecular formula is C20H18N2O6. The summed E-state index contributed by atoms with van der Waals surface area (Å²) >= 11 is 0. The number of methoxy groups -OCH3 is 3. The summed E-state index contributed by atoms with van der Waals surface area (Å²) in [6.45, 7) is 0. The van der Waals surface area contributed by atoms with E-state index >= 15 is 0 Å². The molecule has 4 amide bonds. The molecule has 2 aromatic rings. The topological polar surface area (TPSA) is 94.2 Å². The van der Waals surface area contributed by atoms with E-state index in [1.165, 1.54) is 27.4 Å². The molecule has 1 aliphatic heterocycles. The van der Waals surface area contributed by atoms with Crippen molar-refractivity contribution in [2.45, 2.75) is 0 Å². The maximum absolute atomic E-state index is 12.9. The number of benzene rings is 2. The average molecular weight is 382 g/mol. The Kier molecular flexibility index (Phi) is 5.30. The Labute approximate surface area is 161 Å². The minimum absolute atomic E-state index is 0.231. The molecule has 28 heavy (non-hydrogen) atoms. The largest absolute Gasteiger partial charge is 0.496 e. The highest BCUT2D eigenvalue weighted by atomic mass is 16.5. The van der Waals surface area contributed by atoms with E-state index < -0.39 is 17.8 Å². The van der Waals surface area contributed by atoms with E-state index in [4.69, 9.17) is 14.2 Å². The fraction of sp³-hybridized carbons (Fsp3) is 0.150. The number of carbonyl (C=O) groups is 3. The molecule has 0 aliphatic carbocycles. The number of barbiturate groups is 1. The van der Waals surface area contributed by atoms with E-state index in [2.05, 4.69) is 5.32 Å².